The second kappa shape index (κ2) is 4.56. The Morgan fingerprint density at radius 3 is 2.44 bits per heavy atom. The van der Waals surface area contributed by atoms with Crippen LogP contribution >= 0.6 is 0 Å². The summed E-state index contributed by atoms with van der Waals surface area (Å²) in [5.41, 5.74) is -0.196. The molecule has 0 bridgehead atoms. The van der Waals surface area contributed by atoms with Crippen molar-refractivity contribution in [2.24, 2.45) is 5.16 Å². The third-order valence-electron chi connectivity index (χ3n) is 2.85. The highest BCUT2D eigenvalue weighted by Crippen LogP contribution is 2.15. The van der Waals surface area contributed by atoms with Gasteiger partial charge in [0.05, 0.1) is 11.5 Å². The SMILES string of the molecule is O=C(O)C1=NOC(C(=O)N2CCS(=O)(=O)CC2)C1. The van der Waals surface area contributed by atoms with Crippen LogP contribution in [0.5, 0.6) is 0 Å². The van der Waals surface area contributed by atoms with Gasteiger partial charge in [-0.15, -0.1) is 0 Å². The second-order valence-corrected chi connectivity index (χ2v) is 6.42. The van der Waals surface area contributed by atoms with Crippen molar-refractivity contribution < 1.29 is 28.0 Å². The molecule has 0 saturated carbocycles. The van der Waals surface area contributed by atoms with Crippen LogP contribution in [0.15, 0.2) is 5.16 Å². The molecule has 0 aliphatic carbocycles. The first kappa shape index (κ1) is 12.8. The maximum absolute atomic E-state index is 11.9. The average molecular weight is 276 g/mol. The zero-order chi connectivity index (χ0) is 13.3. The van der Waals surface area contributed by atoms with Gasteiger partial charge in [-0.05, 0) is 0 Å². The molecule has 1 saturated heterocycles. The van der Waals surface area contributed by atoms with Gasteiger partial charge < -0.3 is 14.8 Å². The summed E-state index contributed by atoms with van der Waals surface area (Å²) in [5, 5.41) is 12.0. The molecule has 8 nitrogen and oxygen atoms in total. The van der Waals surface area contributed by atoms with E-state index in [1.54, 1.807) is 0 Å². The molecule has 1 N–H and O–H groups in total. The van der Waals surface area contributed by atoms with E-state index in [2.05, 4.69) is 5.16 Å². The molecule has 100 valence electrons. The van der Waals surface area contributed by atoms with Gasteiger partial charge in [0.2, 0.25) is 6.10 Å². The molecule has 1 unspecified atom stereocenters. The Balaban J connectivity index is 1.93. The minimum absolute atomic E-state index is 0.0713. The van der Waals surface area contributed by atoms with E-state index in [0.29, 0.717) is 0 Å². The summed E-state index contributed by atoms with van der Waals surface area (Å²) in [6.07, 6.45) is -1.03. The number of carboxylic acids is 1. The summed E-state index contributed by atoms with van der Waals surface area (Å²) in [5.74, 6) is -1.77. The highest BCUT2D eigenvalue weighted by atomic mass is 32.2. The normalized spacial score (nSPS) is 26.3. The van der Waals surface area contributed by atoms with Crippen LogP contribution < -0.4 is 0 Å². The number of carbonyl (C=O) groups excluding carboxylic acids is 1. The van der Waals surface area contributed by atoms with Crippen molar-refractivity contribution in [3.8, 4) is 0 Å². The Hall–Kier alpha value is -1.64. The van der Waals surface area contributed by atoms with Crippen LogP contribution in [0.3, 0.4) is 0 Å². The summed E-state index contributed by atoms with van der Waals surface area (Å²) >= 11 is 0. The first-order chi connectivity index (χ1) is 8.39. The molecule has 1 atom stereocenters. The van der Waals surface area contributed by atoms with Gasteiger partial charge in [0.25, 0.3) is 5.91 Å². The molecule has 0 radical (unpaired) electrons. The van der Waals surface area contributed by atoms with Gasteiger partial charge in [0.1, 0.15) is 0 Å². The lowest BCUT2D eigenvalue weighted by Gasteiger charge is -2.28. The van der Waals surface area contributed by atoms with Gasteiger partial charge in [-0.25, -0.2) is 13.2 Å². The number of amides is 1. The number of oxime groups is 1. The van der Waals surface area contributed by atoms with Crippen molar-refractivity contribution >= 4 is 27.4 Å². The number of carbonyl (C=O) groups is 2. The maximum Gasteiger partial charge on any atom is 0.353 e. The lowest BCUT2D eigenvalue weighted by atomic mass is 10.1. The monoisotopic (exact) mass is 276 g/mol. The van der Waals surface area contributed by atoms with Crippen molar-refractivity contribution in [2.45, 2.75) is 12.5 Å². The van der Waals surface area contributed by atoms with E-state index in [1.807, 2.05) is 0 Å². The van der Waals surface area contributed by atoms with Crippen molar-refractivity contribution in [1.29, 1.82) is 0 Å². The van der Waals surface area contributed by atoms with Gasteiger partial charge in [0.15, 0.2) is 15.5 Å². The topological polar surface area (TPSA) is 113 Å². The maximum atomic E-state index is 11.9. The Labute approximate surface area is 103 Å². The standard InChI is InChI=1S/C9H12N2O6S/c12-8(7-5-6(9(13)14)10-17-7)11-1-3-18(15,16)4-2-11/h7H,1-5H2,(H,13,14). The minimum atomic E-state index is -3.05. The van der Waals surface area contributed by atoms with Crippen LogP contribution in [0, 0.1) is 0 Å². The average Bonchev–Trinajstić information content (AvgIpc) is 2.77. The Kier molecular flexibility index (Phi) is 3.24. The third kappa shape index (κ3) is 2.61. The minimum Gasteiger partial charge on any atom is -0.477 e. The fraction of sp³-hybridized carbons (Fsp3) is 0.667. The van der Waals surface area contributed by atoms with Gasteiger partial charge in [-0.1, -0.05) is 5.16 Å². The van der Waals surface area contributed by atoms with Crippen LogP contribution in [0.2, 0.25) is 0 Å². The number of nitrogens with zero attached hydrogens (tertiary/aromatic N) is 2. The van der Waals surface area contributed by atoms with Gasteiger partial charge in [-0.2, -0.15) is 0 Å². The van der Waals surface area contributed by atoms with Crippen LogP contribution in [0.4, 0.5) is 0 Å². The number of hydrogen-bond acceptors (Lipinski definition) is 6. The largest absolute Gasteiger partial charge is 0.477 e. The van der Waals surface area contributed by atoms with E-state index in [-0.39, 0.29) is 36.7 Å². The van der Waals surface area contributed by atoms with E-state index in [0.717, 1.165) is 0 Å². The van der Waals surface area contributed by atoms with Crippen molar-refractivity contribution in [3.63, 3.8) is 0 Å². The van der Waals surface area contributed by atoms with Crippen LogP contribution in [-0.4, -0.2) is 66.7 Å². The van der Waals surface area contributed by atoms with Crippen molar-refractivity contribution in [3.05, 3.63) is 0 Å². The third-order valence-corrected chi connectivity index (χ3v) is 4.46. The molecule has 2 rings (SSSR count). The Morgan fingerprint density at radius 2 is 1.94 bits per heavy atom. The predicted octanol–water partition coefficient (Wildman–Crippen LogP) is -1.53. The fourth-order valence-electron chi connectivity index (χ4n) is 1.77. The molecule has 0 aromatic rings. The fourth-order valence-corrected chi connectivity index (χ4v) is 2.97. The van der Waals surface area contributed by atoms with Crippen LogP contribution in [0.1, 0.15) is 6.42 Å². The molecule has 18 heavy (non-hydrogen) atoms. The first-order valence-electron chi connectivity index (χ1n) is 5.34. The van der Waals surface area contributed by atoms with Gasteiger partial charge in [-0.3, -0.25) is 4.79 Å². The van der Waals surface area contributed by atoms with Crippen LogP contribution in [-0.2, 0) is 24.3 Å². The zero-order valence-electron chi connectivity index (χ0n) is 9.40. The number of carboxylic acid groups (broad SMARTS) is 1. The summed E-state index contributed by atoms with van der Waals surface area (Å²) < 4.78 is 22.4. The summed E-state index contributed by atoms with van der Waals surface area (Å²) in [6.45, 7) is 0.229. The smallest absolute Gasteiger partial charge is 0.353 e. The molecule has 0 spiro atoms. The van der Waals surface area contributed by atoms with E-state index >= 15 is 0 Å². The highest BCUT2D eigenvalue weighted by Gasteiger charge is 2.36. The lowest BCUT2D eigenvalue weighted by molar-refractivity contribution is -0.141. The van der Waals surface area contributed by atoms with Gasteiger partial charge in [0, 0.05) is 19.5 Å². The number of aliphatic carboxylic acids is 1. The number of rotatable bonds is 2. The molecule has 2 aliphatic rings. The quantitative estimate of drug-likeness (QED) is 0.654. The highest BCUT2D eigenvalue weighted by molar-refractivity contribution is 7.91. The first-order valence-corrected chi connectivity index (χ1v) is 7.16. The molecule has 1 fully saturated rings. The number of hydrogen-bond donors (Lipinski definition) is 1. The molecule has 9 heteroatoms. The van der Waals surface area contributed by atoms with E-state index < -0.39 is 27.8 Å². The second-order valence-electron chi connectivity index (χ2n) is 4.12. The molecule has 0 aromatic heterocycles. The molecule has 1 amide bonds. The molecular weight excluding hydrogens is 264 g/mol. The molecular formula is C9H12N2O6S. The van der Waals surface area contributed by atoms with Crippen molar-refractivity contribution in [2.75, 3.05) is 24.6 Å². The summed E-state index contributed by atoms with van der Waals surface area (Å²) in [7, 11) is -3.05. The molecule has 0 aromatic carbocycles. The zero-order valence-corrected chi connectivity index (χ0v) is 10.2. The molecule has 2 aliphatic heterocycles. The number of sulfone groups is 1. The summed E-state index contributed by atoms with van der Waals surface area (Å²) in [6, 6.07) is 0. The van der Waals surface area contributed by atoms with E-state index in [1.165, 1.54) is 4.90 Å². The van der Waals surface area contributed by atoms with E-state index in [9.17, 15) is 18.0 Å². The van der Waals surface area contributed by atoms with E-state index in [4.69, 9.17) is 9.94 Å². The molecule has 2 heterocycles. The van der Waals surface area contributed by atoms with Gasteiger partial charge >= 0.3 is 5.97 Å². The Morgan fingerprint density at radius 1 is 1.33 bits per heavy atom. The Bertz CT molecular complexity index is 497. The predicted molar refractivity (Wildman–Crippen MR) is 59.8 cm³/mol. The summed E-state index contributed by atoms with van der Waals surface area (Å²) in [4.78, 5) is 28.7. The van der Waals surface area contributed by atoms with Crippen LogP contribution in [0.25, 0.3) is 0 Å². The lowest BCUT2D eigenvalue weighted by Crippen LogP contribution is -2.47. The van der Waals surface area contributed by atoms with Crippen molar-refractivity contribution in [1.82, 2.24) is 4.90 Å².